The highest BCUT2D eigenvalue weighted by molar-refractivity contribution is 5.77. The Kier molecular flexibility index (Phi) is 9.21. The number of carboxylic acid groups (broad SMARTS) is 1. The number of nitrogens with one attached hydrogen (secondary N) is 1. The summed E-state index contributed by atoms with van der Waals surface area (Å²) in [5.41, 5.74) is 5.71. The second-order valence-corrected chi connectivity index (χ2v) is 8.48. The zero-order valence-corrected chi connectivity index (χ0v) is 22.4. The van der Waals surface area contributed by atoms with Crippen molar-refractivity contribution in [3.05, 3.63) is 60.8 Å². The second-order valence-electron chi connectivity index (χ2n) is 8.48. The van der Waals surface area contributed by atoms with Crippen molar-refractivity contribution in [3.8, 4) is 56.8 Å². The SMILES string of the molecule is CC(=O)O.CCOc1cc(-c2ncc(-c3cc(OC)c(O)c(OC)c3)[nH]2)ccc1-c1ccc(N(C)C)cc1. The lowest BCUT2D eigenvalue weighted by Gasteiger charge is -2.15. The fourth-order valence-electron chi connectivity index (χ4n) is 3.79. The molecule has 3 N–H and O–H groups in total. The molecule has 9 nitrogen and oxygen atoms in total. The number of aromatic nitrogens is 2. The highest BCUT2D eigenvalue weighted by atomic mass is 16.5. The van der Waals surface area contributed by atoms with E-state index in [2.05, 4.69) is 45.2 Å². The Morgan fingerprint density at radius 2 is 1.47 bits per heavy atom. The number of phenolic OH excluding ortho intramolecular Hbond substituents is 1. The standard InChI is InChI=1S/C27H29N3O4.C2H4O2/c1-6-34-23-13-18(9-12-21(23)17-7-10-20(11-8-17)30(2)3)27-28-16-22(29-27)19-14-24(32-4)26(31)25(15-19)33-5;1-2(3)4/h7-16,31H,6H2,1-5H3,(H,28,29);1H3,(H,3,4). The van der Waals surface area contributed by atoms with Gasteiger partial charge in [-0.05, 0) is 48.9 Å². The van der Waals surface area contributed by atoms with Crippen molar-refractivity contribution >= 4 is 11.7 Å². The molecule has 3 aromatic carbocycles. The summed E-state index contributed by atoms with van der Waals surface area (Å²) in [5.74, 6) is 1.28. The van der Waals surface area contributed by atoms with Crippen molar-refractivity contribution in [1.82, 2.24) is 9.97 Å². The molecule has 38 heavy (non-hydrogen) atoms. The molecule has 1 heterocycles. The third kappa shape index (κ3) is 6.56. The van der Waals surface area contributed by atoms with Gasteiger partial charge in [0.25, 0.3) is 5.97 Å². The molecule has 0 fully saturated rings. The van der Waals surface area contributed by atoms with Crippen LogP contribution in [0.25, 0.3) is 33.8 Å². The molecule has 1 aromatic heterocycles. The molecule has 0 saturated carbocycles. The molecule has 0 amide bonds. The zero-order valence-electron chi connectivity index (χ0n) is 22.4. The van der Waals surface area contributed by atoms with Crippen LogP contribution >= 0.6 is 0 Å². The normalized spacial score (nSPS) is 10.3. The largest absolute Gasteiger partial charge is 0.502 e. The highest BCUT2D eigenvalue weighted by Gasteiger charge is 2.15. The van der Waals surface area contributed by atoms with Crippen LogP contribution in [0.5, 0.6) is 23.0 Å². The summed E-state index contributed by atoms with van der Waals surface area (Å²) in [4.78, 5) is 19.0. The molecule has 0 radical (unpaired) electrons. The minimum atomic E-state index is -0.833. The number of methoxy groups -OCH3 is 2. The summed E-state index contributed by atoms with van der Waals surface area (Å²) in [6.45, 7) is 3.62. The molecule has 0 atom stereocenters. The van der Waals surface area contributed by atoms with Crippen LogP contribution in [0, 0.1) is 0 Å². The van der Waals surface area contributed by atoms with E-state index >= 15 is 0 Å². The van der Waals surface area contributed by atoms with Gasteiger partial charge in [-0.25, -0.2) is 4.98 Å². The smallest absolute Gasteiger partial charge is 0.300 e. The number of rotatable bonds is 8. The predicted octanol–water partition coefficient (Wildman–Crippen LogP) is 5.69. The number of benzene rings is 3. The Hall–Kier alpha value is -4.66. The van der Waals surface area contributed by atoms with Gasteiger partial charge in [0.05, 0.1) is 32.7 Å². The topological polar surface area (TPSA) is 117 Å². The van der Waals surface area contributed by atoms with Crippen LogP contribution in [0.3, 0.4) is 0 Å². The van der Waals surface area contributed by atoms with E-state index in [1.165, 1.54) is 14.2 Å². The van der Waals surface area contributed by atoms with E-state index in [9.17, 15) is 5.11 Å². The molecule has 4 aromatic rings. The number of aromatic hydroxyl groups is 1. The lowest BCUT2D eigenvalue weighted by atomic mass is 10.0. The van der Waals surface area contributed by atoms with Gasteiger partial charge in [-0.3, -0.25) is 4.79 Å². The van der Waals surface area contributed by atoms with E-state index in [1.54, 1.807) is 18.3 Å². The van der Waals surface area contributed by atoms with E-state index in [-0.39, 0.29) is 5.75 Å². The van der Waals surface area contributed by atoms with E-state index in [0.717, 1.165) is 46.3 Å². The number of imidazole rings is 1. The summed E-state index contributed by atoms with van der Waals surface area (Å²) in [5, 5.41) is 17.6. The second kappa shape index (κ2) is 12.5. The number of phenols is 1. The first kappa shape index (κ1) is 27.9. The third-order valence-corrected chi connectivity index (χ3v) is 5.62. The van der Waals surface area contributed by atoms with Crippen molar-refractivity contribution in [2.75, 3.05) is 39.8 Å². The fourth-order valence-corrected chi connectivity index (χ4v) is 3.79. The van der Waals surface area contributed by atoms with Crippen LogP contribution in [-0.4, -0.2) is 61.1 Å². The summed E-state index contributed by atoms with van der Waals surface area (Å²) in [6.07, 6.45) is 1.74. The number of aromatic amines is 1. The van der Waals surface area contributed by atoms with Crippen molar-refractivity contribution in [2.24, 2.45) is 0 Å². The highest BCUT2D eigenvalue weighted by Crippen LogP contribution is 2.40. The van der Waals surface area contributed by atoms with Crippen LogP contribution in [0.15, 0.2) is 60.8 Å². The maximum Gasteiger partial charge on any atom is 0.300 e. The number of anilines is 1. The lowest BCUT2D eigenvalue weighted by molar-refractivity contribution is -0.134. The monoisotopic (exact) mass is 519 g/mol. The predicted molar refractivity (Wildman–Crippen MR) is 148 cm³/mol. The first-order valence-corrected chi connectivity index (χ1v) is 11.9. The van der Waals surface area contributed by atoms with E-state index in [1.807, 2.05) is 33.2 Å². The number of hydrogen-bond acceptors (Lipinski definition) is 7. The number of hydrogen-bond donors (Lipinski definition) is 3. The molecular formula is C29H33N3O6. The number of H-pyrrole nitrogens is 1. The van der Waals surface area contributed by atoms with Crippen molar-refractivity contribution in [3.63, 3.8) is 0 Å². The van der Waals surface area contributed by atoms with Crippen LogP contribution in [0.2, 0.25) is 0 Å². The summed E-state index contributed by atoms with van der Waals surface area (Å²) >= 11 is 0. The average molecular weight is 520 g/mol. The van der Waals surface area contributed by atoms with Crippen LogP contribution in [0.4, 0.5) is 5.69 Å². The van der Waals surface area contributed by atoms with Crippen LogP contribution < -0.4 is 19.1 Å². The molecule has 0 spiro atoms. The Morgan fingerprint density at radius 3 is 2.00 bits per heavy atom. The third-order valence-electron chi connectivity index (χ3n) is 5.62. The van der Waals surface area contributed by atoms with Gasteiger partial charge in [0.15, 0.2) is 11.5 Å². The number of aliphatic carboxylic acids is 1. The Bertz CT molecular complexity index is 1350. The van der Waals surface area contributed by atoms with Gasteiger partial charge in [-0.1, -0.05) is 18.2 Å². The minimum absolute atomic E-state index is 0.0379. The first-order chi connectivity index (χ1) is 18.2. The fraction of sp³-hybridized carbons (Fsp3) is 0.241. The van der Waals surface area contributed by atoms with E-state index < -0.39 is 5.97 Å². The minimum Gasteiger partial charge on any atom is -0.502 e. The maximum absolute atomic E-state index is 10.2. The molecule has 0 aliphatic carbocycles. The molecule has 4 rings (SSSR count). The molecule has 0 saturated heterocycles. The molecular weight excluding hydrogens is 486 g/mol. The van der Waals surface area contributed by atoms with Gasteiger partial charge in [0.1, 0.15) is 11.6 Å². The molecule has 0 aliphatic heterocycles. The summed E-state index contributed by atoms with van der Waals surface area (Å²) < 4.78 is 16.5. The van der Waals surface area contributed by atoms with Gasteiger partial charge >= 0.3 is 0 Å². The van der Waals surface area contributed by atoms with Crippen LogP contribution in [0.1, 0.15) is 13.8 Å². The number of carbonyl (C=O) groups is 1. The van der Waals surface area contributed by atoms with Crippen molar-refractivity contribution in [2.45, 2.75) is 13.8 Å². The summed E-state index contributed by atoms with van der Waals surface area (Å²) in [6, 6.07) is 17.9. The molecule has 200 valence electrons. The van der Waals surface area contributed by atoms with Crippen molar-refractivity contribution < 1.29 is 29.2 Å². The van der Waals surface area contributed by atoms with Crippen molar-refractivity contribution in [1.29, 1.82) is 0 Å². The summed E-state index contributed by atoms with van der Waals surface area (Å²) in [7, 11) is 7.05. The number of carboxylic acids is 1. The zero-order chi connectivity index (χ0) is 27.8. The number of nitrogens with zero attached hydrogens (tertiary/aromatic N) is 2. The van der Waals surface area contributed by atoms with Gasteiger partial charge < -0.3 is 34.3 Å². The van der Waals surface area contributed by atoms with Gasteiger partial charge in [-0.2, -0.15) is 0 Å². The maximum atomic E-state index is 10.2. The molecule has 0 aliphatic rings. The molecule has 9 heteroatoms. The van der Waals surface area contributed by atoms with E-state index in [4.69, 9.17) is 24.1 Å². The average Bonchev–Trinajstić information content (AvgIpc) is 3.39. The number of ether oxygens (including phenoxy) is 3. The van der Waals surface area contributed by atoms with Gasteiger partial charge in [0.2, 0.25) is 5.75 Å². The quantitative estimate of drug-likeness (QED) is 0.272. The van der Waals surface area contributed by atoms with E-state index in [0.29, 0.717) is 23.9 Å². The Morgan fingerprint density at radius 1 is 0.921 bits per heavy atom. The Labute approximate surface area is 222 Å². The van der Waals surface area contributed by atoms with Gasteiger partial charge in [0, 0.05) is 43.4 Å². The molecule has 0 unspecified atom stereocenters. The van der Waals surface area contributed by atoms with Crippen LogP contribution in [-0.2, 0) is 4.79 Å². The molecule has 0 bridgehead atoms. The van der Waals surface area contributed by atoms with Gasteiger partial charge in [-0.15, -0.1) is 0 Å². The lowest BCUT2D eigenvalue weighted by Crippen LogP contribution is -2.07. The first-order valence-electron chi connectivity index (χ1n) is 11.9. The Balaban J connectivity index is 0.000000934.